The molecule has 0 unspecified atom stereocenters. The number of esters is 1. The summed E-state index contributed by atoms with van der Waals surface area (Å²) in [5, 5.41) is 3.56. The number of hydrogen-bond acceptors (Lipinski definition) is 3. The van der Waals surface area contributed by atoms with Crippen molar-refractivity contribution in [3.05, 3.63) is 71.8 Å². The summed E-state index contributed by atoms with van der Waals surface area (Å²) in [4.78, 5) is 12.0. The zero-order chi connectivity index (χ0) is 15.9. The molecule has 2 rings (SSSR count). The van der Waals surface area contributed by atoms with Gasteiger partial charge in [-0.3, -0.25) is 4.79 Å². The van der Waals surface area contributed by atoms with Crippen LogP contribution in [0.1, 0.15) is 37.1 Å². The second-order valence-electron chi connectivity index (χ2n) is 5.50. The standard InChI is InChI=1S/C19H23NO2/c1-14(19(21)22-3)18(17-12-8-5-9-13-17)20-15(2)16-10-6-4-7-11-16/h4-15,18,20H,1-3H3/t14-,15-,18+/m1/s1. The van der Waals surface area contributed by atoms with Crippen molar-refractivity contribution >= 4 is 5.97 Å². The quantitative estimate of drug-likeness (QED) is 0.822. The average molecular weight is 297 g/mol. The molecule has 22 heavy (non-hydrogen) atoms. The molecule has 0 fully saturated rings. The number of carbonyl (C=O) groups excluding carboxylic acids is 1. The highest BCUT2D eigenvalue weighted by Crippen LogP contribution is 2.26. The molecule has 2 aromatic carbocycles. The van der Waals surface area contributed by atoms with E-state index < -0.39 is 0 Å². The molecule has 0 spiro atoms. The average Bonchev–Trinajstić information content (AvgIpc) is 2.59. The normalized spacial score (nSPS) is 14.9. The summed E-state index contributed by atoms with van der Waals surface area (Å²) in [6.07, 6.45) is 0. The van der Waals surface area contributed by atoms with Crippen LogP contribution in [0.3, 0.4) is 0 Å². The summed E-state index contributed by atoms with van der Waals surface area (Å²) in [5.74, 6) is -0.472. The van der Waals surface area contributed by atoms with Crippen LogP contribution in [0.25, 0.3) is 0 Å². The van der Waals surface area contributed by atoms with Gasteiger partial charge in [0.25, 0.3) is 0 Å². The number of rotatable bonds is 6. The molecule has 0 aromatic heterocycles. The van der Waals surface area contributed by atoms with Crippen LogP contribution in [0, 0.1) is 5.92 Å². The van der Waals surface area contributed by atoms with Crippen molar-refractivity contribution in [2.45, 2.75) is 25.9 Å². The third-order valence-electron chi connectivity index (χ3n) is 3.96. The Kier molecular flexibility index (Phi) is 5.73. The van der Waals surface area contributed by atoms with Gasteiger partial charge >= 0.3 is 5.97 Å². The van der Waals surface area contributed by atoms with Crippen molar-refractivity contribution < 1.29 is 9.53 Å². The smallest absolute Gasteiger partial charge is 0.310 e. The van der Waals surface area contributed by atoms with E-state index in [1.54, 1.807) is 0 Å². The van der Waals surface area contributed by atoms with E-state index in [9.17, 15) is 4.79 Å². The minimum atomic E-state index is -0.265. The van der Waals surface area contributed by atoms with Crippen molar-refractivity contribution in [2.24, 2.45) is 5.92 Å². The molecule has 0 saturated carbocycles. The maximum absolute atomic E-state index is 12.0. The summed E-state index contributed by atoms with van der Waals surface area (Å²) in [6, 6.07) is 20.3. The molecule has 2 aromatic rings. The first-order chi connectivity index (χ1) is 10.6. The van der Waals surface area contributed by atoms with E-state index in [4.69, 9.17) is 4.74 Å². The van der Waals surface area contributed by atoms with Crippen LogP contribution in [0.2, 0.25) is 0 Å². The molecule has 116 valence electrons. The number of nitrogens with one attached hydrogen (secondary N) is 1. The maximum atomic E-state index is 12.0. The van der Waals surface area contributed by atoms with Gasteiger partial charge in [-0.2, -0.15) is 0 Å². The third kappa shape index (κ3) is 3.95. The number of benzene rings is 2. The number of hydrogen-bond donors (Lipinski definition) is 1. The Morgan fingerprint density at radius 1 is 0.909 bits per heavy atom. The van der Waals surface area contributed by atoms with Crippen molar-refractivity contribution in [2.75, 3.05) is 7.11 Å². The van der Waals surface area contributed by atoms with Crippen LogP contribution in [0.4, 0.5) is 0 Å². The zero-order valence-corrected chi connectivity index (χ0v) is 13.3. The Labute approximate surface area is 132 Å². The van der Waals surface area contributed by atoms with Crippen molar-refractivity contribution in [1.29, 1.82) is 0 Å². The highest BCUT2D eigenvalue weighted by Gasteiger charge is 2.27. The van der Waals surface area contributed by atoms with Crippen LogP contribution >= 0.6 is 0 Å². The van der Waals surface area contributed by atoms with E-state index in [0.717, 1.165) is 5.56 Å². The Morgan fingerprint density at radius 2 is 1.41 bits per heavy atom. The lowest BCUT2D eigenvalue weighted by Gasteiger charge is -2.28. The summed E-state index contributed by atoms with van der Waals surface area (Å²) in [6.45, 7) is 4.00. The van der Waals surface area contributed by atoms with Crippen LogP contribution in [-0.2, 0) is 9.53 Å². The molecule has 0 aliphatic rings. The van der Waals surface area contributed by atoms with Crippen LogP contribution in [0.15, 0.2) is 60.7 Å². The van der Waals surface area contributed by atoms with Crippen molar-refractivity contribution in [3.63, 3.8) is 0 Å². The fourth-order valence-electron chi connectivity index (χ4n) is 2.62. The maximum Gasteiger partial charge on any atom is 0.310 e. The lowest BCUT2D eigenvalue weighted by molar-refractivity contribution is -0.146. The first kappa shape index (κ1) is 16.2. The molecule has 0 amide bonds. The highest BCUT2D eigenvalue weighted by molar-refractivity contribution is 5.73. The van der Waals surface area contributed by atoms with Gasteiger partial charge in [-0.15, -0.1) is 0 Å². The van der Waals surface area contributed by atoms with Crippen LogP contribution in [-0.4, -0.2) is 13.1 Å². The van der Waals surface area contributed by atoms with E-state index in [1.165, 1.54) is 12.7 Å². The number of methoxy groups -OCH3 is 1. The van der Waals surface area contributed by atoms with Gasteiger partial charge in [0, 0.05) is 12.1 Å². The SMILES string of the molecule is COC(=O)[C@H](C)[C@H](N[C@H](C)c1ccccc1)c1ccccc1. The van der Waals surface area contributed by atoms with Crippen LogP contribution < -0.4 is 5.32 Å². The van der Waals surface area contributed by atoms with Gasteiger partial charge in [-0.05, 0) is 18.1 Å². The number of carbonyl (C=O) groups is 1. The summed E-state index contributed by atoms with van der Waals surface area (Å²) in [5.41, 5.74) is 2.28. The molecule has 1 N–H and O–H groups in total. The minimum Gasteiger partial charge on any atom is -0.469 e. The van der Waals surface area contributed by atoms with E-state index >= 15 is 0 Å². The monoisotopic (exact) mass is 297 g/mol. The topological polar surface area (TPSA) is 38.3 Å². The molecule has 0 aliphatic heterocycles. The van der Waals surface area contributed by atoms with Gasteiger partial charge in [0.1, 0.15) is 0 Å². The third-order valence-corrected chi connectivity index (χ3v) is 3.96. The van der Waals surface area contributed by atoms with Gasteiger partial charge in [-0.25, -0.2) is 0 Å². The van der Waals surface area contributed by atoms with Crippen LogP contribution in [0.5, 0.6) is 0 Å². The van der Waals surface area contributed by atoms with Crippen molar-refractivity contribution in [1.82, 2.24) is 5.32 Å². The molecular weight excluding hydrogens is 274 g/mol. The summed E-state index contributed by atoms with van der Waals surface area (Å²) >= 11 is 0. The van der Waals surface area contributed by atoms with Gasteiger partial charge < -0.3 is 10.1 Å². The first-order valence-corrected chi connectivity index (χ1v) is 7.57. The fourth-order valence-corrected chi connectivity index (χ4v) is 2.62. The molecule has 3 heteroatoms. The Bertz CT molecular complexity index is 583. The van der Waals surface area contributed by atoms with Gasteiger partial charge in [0.15, 0.2) is 0 Å². The molecule has 0 saturated heterocycles. The Morgan fingerprint density at radius 3 is 1.91 bits per heavy atom. The summed E-state index contributed by atoms with van der Waals surface area (Å²) < 4.78 is 4.92. The second kappa shape index (κ2) is 7.76. The van der Waals surface area contributed by atoms with Crippen molar-refractivity contribution in [3.8, 4) is 0 Å². The first-order valence-electron chi connectivity index (χ1n) is 7.57. The molecular formula is C19H23NO2. The second-order valence-corrected chi connectivity index (χ2v) is 5.50. The predicted octanol–water partition coefficient (Wildman–Crippen LogP) is 3.89. The Hall–Kier alpha value is -2.13. The molecule has 0 heterocycles. The zero-order valence-electron chi connectivity index (χ0n) is 13.3. The lowest BCUT2D eigenvalue weighted by Crippen LogP contribution is -2.33. The van der Waals surface area contributed by atoms with Gasteiger partial charge in [-0.1, -0.05) is 67.6 Å². The summed E-state index contributed by atoms with van der Waals surface area (Å²) in [7, 11) is 1.43. The molecule has 3 nitrogen and oxygen atoms in total. The van der Waals surface area contributed by atoms with E-state index in [2.05, 4.69) is 24.4 Å². The molecule has 3 atom stereocenters. The van der Waals surface area contributed by atoms with Gasteiger partial charge in [0.05, 0.1) is 13.0 Å². The molecule has 0 bridgehead atoms. The van der Waals surface area contributed by atoms with E-state index in [0.29, 0.717) is 0 Å². The lowest BCUT2D eigenvalue weighted by atomic mass is 9.93. The molecule has 0 aliphatic carbocycles. The highest BCUT2D eigenvalue weighted by atomic mass is 16.5. The fraction of sp³-hybridized carbons (Fsp3) is 0.316. The van der Waals surface area contributed by atoms with Gasteiger partial charge in [0.2, 0.25) is 0 Å². The predicted molar refractivity (Wildman–Crippen MR) is 88.4 cm³/mol. The number of ether oxygens (including phenoxy) is 1. The largest absolute Gasteiger partial charge is 0.469 e. The Balaban J connectivity index is 2.23. The minimum absolute atomic E-state index is 0.0937. The van der Waals surface area contributed by atoms with E-state index in [1.807, 2.05) is 55.5 Å². The molecule has 0 radical (unpaired) electrons. The van der Waals surface area contributed by atoms with E-state index in [-0.39, 0.29) is 24.0 Å².